The summed E-state index contributed by atoms with van der Waals surface area (Å²) in [6.45, 7) is 3.06. The van der Waals surface area contributed by atoms with E-state index in [-0.39, 0.29) is 12.2 Å². The minimum atomic E-state index is -3.24. The lowest BCUT2D eigenvalue weighted by molar-refractivity contribution is 0.172. The van der Waals surface area contributed by atoms with E-state index in [0.29, 0.717) is 39.1 Å². The van der Waals surface area contributed by atoms with Crippen LogP contribution in [0.5, 0.6) is 0 Å². The van der Waals surface area contributed by atoms with E-state index in [0.717, 1.165) is 16.7 Å². The normalized spacial score (nSPS) is 17.1. The molecule has 7 heteroatoms. The minimum absolute atomic E-state index is 0.0597. The summed E-state index contributed by atoms with van der Waals surface area (Å²) in [5.41, 5.74) is 0.881. The molecule has 0 radical (unpaired) electrons. The molecule has 0 N–H and O–H groups in total. The fourth-order valence-corrected chi connectivity index (χ4v) is 4.45. The Balaban J connectivity index is 1.54. The van der Waals surface area contributed by atoms with Gasteiger partial charge in [-0.25, -0.2) is 8.42 Å². The van der Waals surface area contributed by atoms with Crippen LogP contribution in [0.3, 0.4) is 0 Å². The molecule has 2 aromatic rings. The van der Waals surface area contributed by atoms with Crippen molar-refractivity contribution in [1.82, 2.24) is 9.21 Å². The quantitative estimate of drug-likeness (QED) is 0.749. The van der Waals surface area contributed by atoms with Crippen LogP contribution in [0.2, 0.25) is 0 Å². The number of piperazine rings is 1. The Bertz CT molecular complexity index is 797. The van der Waals surface area contributed by atoms with E-state index >= 15 is 0 Å². The largest absolute Gasteiger partial charge is 0.460 e. The first-order valence-electron chi connectivity index (χ1n) is 8.13. The number of fused-ring (bicyclic) bond motifs is 1. The Kier molecular flexibility index (Phi) is 5.19. The first-order chi connectivity index (χ1) is 11.6. The monoisotopic (exact) mass is 347 g/mol. The smallest absolute Gasteiger partial charge is 0.214 e. The van der Waals surface area contributed by atoms with Gasteiger partial charge in [0.15, 0.2) is 0 Å². The topological polar surface area (TPSA) is 77.5 Å². The van der Waals surface area contributed by atoms with Crippen LogP contribution >= 0.6 is 0 Å². The molecule has 24 heavy (non-hydrogen) atoms. The average Bonchev–Trinajstić information content (AvgIpc) is 2.97. The molecule has 2 heterocycles. The number of hydrogen-bond acceptors (Lipinski definition) is 5. The highest BCUT2D eigenvalue weighted by atomic mass is 32.2. The molecule has 0 spiro atoms. The van der Waals surface area contributed by atoms with Crippen molar-refractivity contribution >= 4 is 21.0 Å². The molecule has 1 aromatic heterocycles. The Morgan fingerprint density at radius 1 is 1.17 bits per heavy atom. The molecule has 0 atom stereocenters. The summed E-state index contributed by atoms with van der Waals surface area (Å²) in [6, 6.07) is 11.9. The summed E-state index contributed by atoms with van der Waals surface area (Å²) < 4.78 is 31.8. The first-order valence-corrected chi connectivity index (χ1v) is 9.74. The number of nitrogens with zero attached hydrogens (tertiary/aromatic N) is 3. The highest BCUT2D eigenvalue weighted by Gasteiger charge is 2.26. The van der Waals surface area contributed by atoms with E-state index in [2.05, 4.69) is 4.90 Å². The third-order valence-corrected chi connectivity index (χ3v) is 6.23. The van der Waals surface area contributed by atoms with Gasteiger partial charge in [-0.05, 0) is 18.6 Å². The van der Waals surface area contributed by atoms with Crippen LogP contribution in [0.25, 0.3) is 11.0 Å². The van der Waals surface area contributed by atoms with E-state index < -0.39 is 10.0 Å². The summed E-state index contributed by atoms with van der Waals surface area (Å²) in [4.78, 5) is 2.21. The number of furan rings is 1. The molecule has 0 amide bonds. The second kappa shape index (κ2) is 7.34. The molecule has 1 aliphatic rings. The number of nitriles is 1. The number of benzene rings is 1. The highest BCUT2D eigenvalue weighted by molar-refractivity contribution is 7.89. The lowest BCUT2D eigenvalue weighted by atomic mass is 10.2. The summed E-state index contributed by atoms with van der Waals surface area (Å²) in [6.07, 6.45) is 0.684. The molecule has 3 rings (SSSR count). The maximum atomic E-state index is 12.2. The summed E-state index contributed by atoms with van der Waals surface area (Å²) >= 11 is 0. The summed E-state index contributed by atoms with van der Waals surface area (Å²) in [5, 5.41) is 9.62. The SMILES string of the molecule is N#CCCCS(=O)(=O)N1CCN(Cc2cc3ccccc3o2)CC1. The fourth-order valence-electron chi connectivity index (χ4n) is 2.96. The van der Waals surface area contributed by atoms with Crippen molar-refractivity contribution in [3.63, 3.8) is 0 Å². The molecular formula is C17H21N3O3S. The van der Waals surface area contributed by atoms with E-state index in [1.54, 1.807) is 4.31 Å². The van der Waals surface area contributed by atoms with Crippen molar-refractivity contribution in [2.24, 2.45) is 0 Å². The molecule has 1 saturated heterocycles. The van der Waals surface area contributed by atoms with Crippen LogP contribution in [0.4, 0.5) is 0 Å². The average molecular weight is 347 g/mol. The van der Waals surface area contributed by atoms with Gasteiger partial charge in [0.2, 0.25) is 10.0 Å². The fraction of sp³-hybridized carbons (Fsp3) is 0.471. The van der Waals surface area contributed by atoms with E-state index in [1.165, 1.54) is 0 Å². The number of para-hydroxylation sites is 1. The summed E-state index contributed by atoms with van der Waals surface area (Å²) in [7, 11) is -3.24. The zero-order valence-electron chi connectivity index (χ0n) is 13.5. The van der Waals surface area contributed by atoms with Crippen LogP contribution in [-0.2, 0) is 16.6 Å². The second-order valence-corrected chi connectivity index (χ2v) is 8.09. The van der Waals surface area contributed by atoms with Gasteiger partial charge in [0.25, 0.3) is 0 Å². The molecule has 1 aliphatic heterocycles. The van der Waals surface area contributed by atoms with E-state index in [4.69, 9.17) is 9.68 Å². The zero-order valence-corrected chi connectivity index (χ0v) is 14.3. The van der Waals surface area contributed by atoms with Crippen LogP contribution in [-0.4, -0.2) is 49.6 Å². The molecule has 0 aliphatic carbocycles. The lowest BCUT2D eigenvalue weighted by Crippen LogP contribution is -2.48. The van der Waals surface area contributed by atoms with Crippen molar-refractivity contribution in [3.05, 3.63) is 36.1 Å². The molecule has 0 saturated carbocycles. The van der Waals surface area contributed by atoms with Gasteiger partial charge in [0.05, 0.1) is 18.4 Å². The van der Waals surface area contributed by atoms with Gasteiger partial charge in [-0.15, -0.1) is 0 Å². The van der Waals surface area contributed by atoms with Gasteiger partial charge in [-0.3, -0.25) is 4.90 Å². The Morgan fingerprint density at radius 3 is 2.62 bits per heavy atom. The zero-order chi connectivity index (χ0) is 17.0. The van der Waals surface area contributed by atoms with Gasteiger partial charge >= 0.3 is 0 Å². The first kappa shape index (κ1) is 17.0. The van der Waals surface area contributed by atoms with Gasteiger partial charge in [0, 0.05) is 38.0 Å². The molecule has 128 valence electrons. The van der Waals surface area contributed by atoms with E-state index in [9.17, 15) is 8.42 Å². The Labute approximate surface area is 142 Å². The maximum absolute atomic E-state index is 12.2. The van der Waals surface area contributed by atoms with Gasteiger partial charge in [-0.2, -0.15) is 9.57 Å². The number of rotatable bonds is 6. The van der Waals surface area contributed by atoms with Crippen LogP contribution in [0, 0.1) is 11.3 Å². The third-order valence-electron chi connectivity index (χ3n) is 4.27. The molecule has 0 unspecified atom stereocenters. The molecule has 0 bridgehead atoms. The van der Waals surface area contributed by atoms with Crippen molar-refractivity contribution in [1.29, 1.82) is 5.26 Å². The lowest BCUT2D eigenvalue weighted by Gasteiger charge is -2.33. The van der Waals surface area contributed by atoms with E-state index in [1.807, 2.05) is 36.4 Å². The Hall–Kier alpha value is -1.88. The van der Waals surface area contributed by atoms with Crippen molar-refractivity contribution < 1.29 is 12.8 Å². The Morgan fingerprint density at radius 2 is 1.92 bits per heavy atom. The van der Waals surface area contributed by atoms with Gasteiger partial charge in [-0.1, -0.05) is 18.2 Å². The van der Waals surface area contributed by atoms with Crippen molar-refractivity contribution in [2.45, 2.75) is 19.4 Å². The summed E-state index contributed by atoms with van der Waals surface area (Å²) in [5.74, 6) is 0.964. The molecular weight excluding hydrogens is 326 g/mol. The predicted molar refractivity (Wildman–Crippen MR) is 91.7 cm³/mol. The van der Waals surface area contributed by atoms with Crippen LogP contribution in [0.15, 0.2) is 34.7 Å². The standard InChI is InChI=1S/C17H21N3O3S/c18-7-3-4-12-24(21,22)20-10-8-19(9-11-20)14-16-13-15-5-1-2-6-17(15)23-16/h1-2,5-6,13H,3-4,8-12,14H2. The second-order valence-electron chi connectivity index (χ2n) is 6.00. The predicted octanol–water partition coefficient (Wildman–Crippen LogP) is 2.18. The maximum Gasteiger partial charge on any atom is 0.214 e. The van der Waals surface area contributed by atoms with Crippen LogP contribution in [0.1, 0.15) is 18.6 Å². The van der Waals surface area contributed by atoms with Gasteiger partial charge in [0.1, 0.15) is 11.3 Å². The molecule has 1 fully saturated rings. The molecule has 6 nitrogen and oxygen atoms in total. The van der Waals surface area contributed by atoms with Gasteiger partial charge < -0.3 is 4.42 Å². The minimum Gasteiger partial charge on any atom is -0.460 e. The number of unbranched alkanes of at least 4 members (excludes halogenated alkanes) is 1. The number of hydrogen-bond donors (Lipinski definition) is 0. The number of sulfonamides is 1. The highest BCUT2D eigenvalue weighted by Crippen LogP contribution is 2.21. The van der Waals surface area contributed by atoms with Crippen molar-refractivity contribution in [3.8, 4) is 6.07 Å². The van der Waals surface area contributed by atoms with Crippen molar-refractivity contribution in [2.75, 3.05) is 31.9 Å². The third kappa shape index (κ3) is 3.96. The molecule has 1 aromatic carbocycles. The van der Waals surface area contributed by atoms with Crippen LogP contribution < -0.4 is 0 Å².